The molecule has 6 nitrogen and oxygen atoms in total. The lowest BCUT2D eigenvalue weighted by Gasteiger charge is -2.46. The molecule has 2 aliphatic rings. The number of hydrogen-bond acceptors (Lipinski definition) is 3. The smallest absolute Gasteiger partial charge is 0.255 e. The van der Waals surface area contributed by atoms with Crippen LogP contribution in [-0.2, 0) is 5.54 Å². The van der Waals surface area contributed by atoms with Crippen molar-refractivity contribution in [1.82, 2.24) is 14.5 Å². The first-order valence-corrected chi connectivity index (χ1v) is 10.1. The molecule has 0 radical (unpaired) electrons. The van der Waals surface area contributed by atoms with Crippen molar-refractivity contribution in [3.63, 3.8) is 0 Å². The van der Waals surface area contributed by atoms with E-state index in [2.05, 4.69) is 45.3 Å². The predicted molar refractivity (Wildman–Crippen MR) is 113 cm³/mol. The number of anilines is 1. The van der Waals surface area contributed by atoms with Crippen LogP contribution in [-0.4, -0.2) is 40.6 Å². The molecular weight excluding hydrogens is 364 g/mol. The van der Waals surface area contributed by atoms with Gasteiger partial charge in [0.2, 0.25) is 0 Å². The van der Waals surface area contributed by atoms with Crippen LogP contribution < -0.4 is 10.1 Å². The number of hydrogen-bond donors (Lipinski definition) is 2. The van der Waals surface area contributed by atoms with Gasteiger partial charge in [0.05, 0.1) is 29.6 Å². The second kappa shape index (κ2) is 6.44. The zero-order valence-electron chi connectivity index (χ0n) is 17.1. The maximum atomic E-state index is 13.0. The fourth-order valence-corrected chi connectivity index (χ4v) is 4.84. The van der Waals surface area contributed by atoms with Crippen molar-refractivity contribution in [2.45, 2.75) is 32.2 Å². The summed E-state index contributed by atoms with van der Waals surface area (Å²) in [6, 6.07) is 12.4. The van der Waals surface area contributed by atoms with Crippen molar-refractivity contribution < 1.29 is 9.53 Å². The Morgan fingerprint density at radius 3 is 2.62 bits per heavy atom. The average Bonchev–Trinajstić information content (AvgIpc) is 3.35. The zero-order chi connectivity index (χ0) is 20.2. The number of carbonyl (C=O) groups excluding carboxylic acids is 1. The van der Waals surface area contributed by atoms with Gasteiger partial charge in [-0.1, -0.05) is 0 Å². The van der Waals surface area contributed by atoms with Crippen LogP contribution in [0.25, 0.3) is 5.69 Å². The molecule has 1 fully saturated rings. The first-order chi connectivity index (χ1) is 14.0. The number of aryl methyl sites for hydroxylation is 2. The van der Waals surface area contributed by atoms with Crippen LogP contribution in [0.15, 0.2) is 42.6 Å². The van der Waals surface area contributed by atoms with Gasteiger partial charge in [0, 0.05) is 42.4 Å². The first kappa shape index (κ1) is 17.9. The summed E-state index contributed by atoms with van der Waals surface area (Å²) < 4.78 is 7.70. The fraction of sp³-hybridized carbons (Fsp3) is 0.348. The number of benzene rings is 1. The molecular formula is C23H26N4O2. The van der Waals surface area contributed by atoms with Gasteiger partial charge in [0.15, 0.2) is 0 Å². The summed E-state index contributed by atoms with van der Waals surface area (Å²) >= 11 is 0. The van der Waals surface area contributed by atoms with Crippen molar-refractivity contribution in [1.29, 1.82) is 0 Å². The van der Waals surface area contributed by atoms with E-state index in [-0.39, 0.29) is 11.4 Å². The number of H-pyrrole nitrogens is 1. The van der Waals surface area contributed by atoms with Crippen molar-refractivity contribution in [3.05, 3.63) is 65.2 Å². The van der Waals surface area contributed by atoms with Crippen LogP contribution in [0.1, 0.15) is 40.3 Å². The van der Waals surface area contributed by atoms with Crippen molar-refractivity contribution in [3.8, 4) is 11.4 Å². The number of rotatable bonds is 2. The van der Waals surface area contributed by atoms with E-state index in [9.17, 15) is 4.79 Å². The third-order valence-corrected chi connectivity index (χ3v) is 6.36. The standard InChI is InChI=1S/C23H26N4O2/c1-15-13-18(16(2)24-15)22(28)26-11-8-23(9-12-26)21-5-4-10-27(21)20-7-6-17(29-3)14-19(20)25-23/h4-7,10,13-14,24-25H,8-9,11-12H2,1-3H3. The van der Waals surface area contributed by atoms with Crippen molar-refractivity contribution in [2.24, 2.45) is 0 Å². The van der Waals surface area contributed by atoms with E-state index in [0.717, 1.165) is 60.0 Å². The number of nitrogens with zero attached hydrogens (tertiary/aromatic N) is 2. The Kier molecular flexibility index (Phi) is 3.98. The second-order valence-electron chi connectivity index (χ2n) is 8.14. The van der Waals surface area contributed by atoms with Crippen LogP contribution in [0.5, 0.6) is 5.75 Å². The Morgan fingerprint density at radius 1 is 1.14 bits per heavy atom. The Balaban J connectivity index is 1.43. The quantitative estimate of drug-likeness (QED) is 0.696. The summed E-state index contributed by atoms with van der Waals surface area (Å²) in [7, 11) is 1.69. The number of carbonyl (C=O) groups is 1. The fourth-order valence-electron chi connectivity index (χ4n) is 4.84. The second-order valence-corrected chi connectivity index (χ2v) is 8.14. The molecule has 0 bridgehead atoms. The summed E-state index contributed by atoms with van der Waals surface area (Å²) in [5.74, 6) is 0.961. The minimum Gasteiger partial charge on any atom is -0.497 e. The molecule has 29 heavy (non-hydrogen) atoms. The number of piperidine rings is 1. The predicted octanol–water partition coefficient (Wildman–Crippen LogP) is 3.99. The van der Waals surface area contributed by atoms with Crippen LogP contribution in [0.3, 0.4) is 0 Å². The van der Waals surface area contributed by atoms with Gasteiger partial charge in [0.1, 0.15) is 5.75 Å². The number of nitrogens with one attached hydrogen (secondary N) is 2. The van der Waals surface area contributed by atoms with Crippen LogP contribution in [0.2, 0.25) is 0 Å². The SMILES string of the molecule is COc1ccc2c(c1)NC1(CCN(C(=O)c3cc(C)[nH]c3C)CC1)c1cccn1-2. The van der Waals surface area contributed by atoms with E-state index in [1.165, 1.54) is 5.69 Å². The Morgan fingerprint density at radius 2 is 1.93 bits per heavy atom. The number of likely N-dealkylation sites (tertiary alicyclic amines) is 1. The lowest BCUT2D eigenvalue weighted by atomic mass is 9.82. The molecule has 0 atom stereocenters. The normalized spacial score (nSPS) is 16.9. The first-order valence-electron chi connectivity index (χ1n) is 10.1. The van der Waals surface area contributed by atoms with E-state index in [1.54, 1.807) is 7.11 Å². The summed E-state index contributed by atoms with van der Waals surface area (Å²) in [5.41, 5.74) is 6.04. The minimum absolute atomic E-state index is 0.120. The lowest BCUT2D eigenvalue weighted by molar-refractivity contribution is 0.0676. The van der Waals surface area contributed by atoms with Crippen LogP contribution >= 0.6 is 0 Å². The molecule has 5 rings (SSSR count). The third kappa shape index (κ3) is 2.74. The molecule has 4 heterocycles. The zero-order valence-corrected chi connectivity index (χ0v) is 17.1. The number of ether oxygens (including phenoxy) is 1. The van der Waals surface area contributed by atoms with E-state index in [0.29, 0.717) is 0 Å². The van der Waals surface area contributed by atoms with Gasteiger partial charge in [-0.3, -0.25) is 4.79 Å². The summed E-state index contributed by atoms with van der Waals surface area (Å²) in [5, 5.41) is 3.80. The van der Waals surface area contributed by atoms with Crippen molar-refractivity contribution >= 4 is 11.6 Å². The topological polar surface area (TPSA) is 62.3 Å². The van der Waals surface area contributed by atoms with Crippen molar-refractivity contribution in [2.75, 3.05) is 25.5 Å². The van der Waals surface area contributed by atoms with E-state index in [1.807, 2.05) is 30.9 Å². The number of fused-ring (bicyclic) bond motifs is 4. The molecule has 2 aromatic heterocycles. The summed E-state index contributed by atoms with van der Waals surface area (Å²) in [6.45, 7) is 5.40. The van der Waals surface area contributed by atoms with Crippen LogP contribution in [0.4, 0.5) is 5.69 Å². The Bertz CT molecular complexity index is 1090. The van der Waals surface area contributed by atoms with E-state index >= 15 is 0 Å². The Labute approximate surface area is 170 Å². The monoisotopic (exact) mass is 390 g/mol. The number of aromatic amines is 1. The number of methoxy groups -OCH3 is 1. The van der Waals surface area contributed by atoms with Gasteiger partial charge in [-0.25, -0.2) is 0 Å². The highest BCUT2D eigenvalue weighted by Gasteiger charge is 2.42. The van der Waals surface area contributed by atoms with Gasteiger partial charge in [-0.15, -0.1) is 0 Å². The lowest BCUT2D eigenvalue weighted by Crippen LogP contribution is -2.51. The highest BCUT2D eigenvalue weighted by Crippen LogP contribution is 2.44. The van der Waals surface area contributed by atoms with Gasteiger partial charge >= 0.3 is 0 Å². The van der Waals surface area contributed by atoms with E-state index < -0.39 is 0 Å². The largest absolute Gasteiger partial charge is 0.497 e. The molecule has 3 aromatic rings. The van der Waals surface area contributed by atoms with Gasteiger partial charge < -0.3 is 24.5 Å². The maximum absolute atomic E-state index is 13.0. The Hall–Kier alpha value is -3.15. The minimum atomic E-state index is -0.178. The molecule has 0 aliphatic carbocycles. The molecule has 1 amide bonds. The molecule has 6 heteroatoms. The highest BCUT2D eigenvalue weighted by atomic mass is 16.5. The van der Waals surface area contributed by atoms with Gasteiger partial charge in [-0.05, 0) is 57.0 Å². The number of amides is 1. The maximum Gasteiger partial charge on any atom is 0.255 e. The molecule has 0 unspecified atom stereocenters. The molecule has 1 saturated heterocycles. The van der Waals surface area contributed by atoms with E-state index in [4.69, 9.17) is 4.74 Å². The molecule has 1 aromatic carbocycles. The van der Waals surface area contributed by atoms with Gasteiger partial charge in [0.25, 0.3) is 5.91 Å². The van der Waals surface area contributed by atoms with Crippen LogP contribution in [0, 0.1) is 13.8 Å². The summed E-state index contributed by atoms with van der Waals surface area (Å²) in [4.78, 5) is 18.3. The third-order valence-electron chi connectivity index (χ3n) is 6.36. The summed E-state index contributed by atoms with van der Waals surface area (Å²) in [6.07, 6.45) is 3.84. The number of aromatic nitrogens is 2. The molecule has 150 valence electrons. The molecule has 2 aliphatic heterocycles. The molecule has 1 spiro atoms. The average molecular weight is 390 g/mol. The van der Waals surface area contributed by atoms with Gasteiger partial charge in [-0.2, -0.15) is 0 Å². The molecule has 0 saturated carbocycles. The molecule has 2 N–H and O–H groups in total. The highest BCUT2D eigenvalue weighted by molar-refractivity contribution is 5.95.